The Morgan fingerprint density at radius 2 is 1.79 bits per heavy atom. The van der Waals surface area contributed by atoms with Crippen molar-refractivity contribution in [3.63, 3.8) is 0 Å². The van der Waals surface area contributed by atoms with Gasteiger partial charge in [0.2, 0.25) is 0 Å². The molecule has 0 rings (SSSR count). The molecule has 0 bridgehead atoms. The number of carboxylic acids is 1. The summed E-state index contributed by atoms with van der Waals surface area (Å²) < 4.78 is 4.38. The lowest BCUT2D eigenvalue weighted by Gasteiger charge is -2.15. The van der Waals surface area contributed by atoms with E-state index in [-0.39, 0.29) is 0 Å². The summed E-state index contributed by atoms with van der Waals surface area (Å²) in [7, 11) is 0. The molecule has 7 heteroatoms. The largest absolute Gasteiger partial charge is 0.547 e. The molecule has 0 aromatic heterocycles. The first-order valence-electron chi connectivity index (χ1n) is 3.81. The first kappa shape index (κ1) is 12.8. The number of carbonyl (C=O) groups excluding carboxylic acids is 2. The van der Waals surface area contributed by atoms with Gasteiger partial charge in [-0.1, -0.05) is 0 Å². The van der Waals surface area contributed by atoms with Crippen LogP contribution in [0.1, 0.15) is 6.42 Å². The summed E-state index contributed by atoms with van der Waals surface area (Å²) in [6, 6.07) is 0. The molecule has 0 amide bonds. The molecule has 1 unspecified atom stereocenters. The second kappa shape index (κ2) is 6.30. The van der Waals surface area contributed by atoms with Crippen LogP contribution in [0.15, 0.2) is 0 Å². The molecule has 3 N–H and O–H groups in total. The molecule has 82 valence electrons. The molecule has 0 aromatic rings. The summed E-state index contributed by atoms with van der Waals surface area (Å²) in [5.74, 6) is -2.82. The molecule has 0 aliphatic carbocycles. The number of aliphatic hydroxyl groups is 3. The average molecular weight is 207 g/mol. The van der Waals surface area contributed by atoms with Crippen molar-refractivity contribution in [2.24, 2.45) is 0 Å². The van der Waals surface area contributed by atoms with Gasteiger partial charge in [-0.15, -0.1) is 0 Å². The van der Waals surface area contributed by atoms with E-state index >= 15 is 0 Å². The molecule has 1 atom stereocenters. The Labute approximate surface area is 79.5 Å². The molecule has 7 nitrogen and oxygen atoms in total. The molecule has 0 spiro atoms. The van der Waals surface area contributed by atoms with Gasteiger partial charge in [0.25, 0.3) is 0 Å². The van der Waals surface area contributed by atoms with E-state index in [4.69, 9.17) is 15.3 Å². The molecule has 0 radical (unpaired) electrons. The number of rotatable bonds is 6. The maximum atomic E-state index is 10.8. The van der Waals surface area contributed by atoms with Crippen molar-refractivity contribution in [3.05, 3.63) is 0 Å². The minimum atomic E-state index is -1.94. The molecule has 0 aliphatic heterocycles. The molecule has 0 heterocycles. The number of ether oxygens (including phenoxy) is 1. The highest BCUT2D eigenvalue weighted by molar-refractivity contribution is 5.79. The predicted molar refractivity (Wildman–Crippen MR) is 39.7 cm³/mol. The Balaban J connectivity index is 3.91. The molecule has 14 heavy (non-hydrogen) atoms. The monoisotopic (exact) mass is 207 g/mol. The van der Waals surface area contributed by atoms with Crippen molar-refractivity contribution in [2.75, 3.05) is 13.2 Å². The summed E-state index contributed by atoms with van der Waals surface area (Å²) in [4.78, 5) is 20.8. The molecule has 0 saturated heterocycles. The summed E-state index contributed by atoms with van der Waals surface area (Å²) in [6.45, 7) is -1.16. The predicted octanol–water partition coefficient (Wildman–Crippen LogP) is -3.62. The van der Waals surface area contributed by atoms with Crippen molar-refractivity contribution < 1.29 is 34.8 Å². The van der Waals surface area contributed by atoms with Gasteiger partial charge in [-0.05, 0) is 0 Å². The zero-order valence-electron chi connectivity index (χ0n) is 7.25. The van der Waals surface area contributed by atoms with Crippen LogP contribution in [0, 0.1) is 0 Å². The summed E-state index contributed by atoms with van der Waals surface area (Å²) in [5.41, 5.74) is 0. The van der Waals surface area contributed by atoms with Crippen LogP contribution in [-0.4, -0.2) is 52.7 Å². The van der Waals surface area contributed by atoms with Crippen LogP contribution in [0.3, 0.4) is 0 Å². The maximum Gasteiger partial charge on any atom is 0.309 e. The lowest BCUT2D eigenvalue weighted by Crippen LogP contribution is -2.38. The zero-order chi connectivity index (χ0) is 11.1. The van der Waals surface area contributed by atoms with Crippen LogP contribution in [0.5, 0.6) is 0 Å². The van der Waals surface area contributed by atoms with E-state index in [0.29, 0.717) is 0 Å². The van der Waals surface area contributed by atoms with Crippen molar-refractivity contribution >= 4 is 11.9 Å². The first-order chi connectivity index (χ1) is 6.51. The van der Waals surface area contributed by atoms with Gasteiger partial charge in [0.15, 0.2) is 0 Å². The Morgan fingerprint density at radius 3 is 2.14 bits per heavy atom. The van der Waals surface area contributed by atoms with E-state index in [1.54, 1.807) is 0 Å². The fourth-order valence-electron chi connectivity index (χ4n) is 0.607. The van der Waals surface area contributed by atoms with E-state index in [0.717, 1.165) is 0 Å². The van der Waals surface area contributed by atoms with Gasteiger partial charge >= 0.3 is 5.97 Å². The van der Waals surface area contributed by atoms with Crippen LogP contribution < -0.4 is 5.11 Å². The van der Waals surface area contributed by atoms with Gasteiger partial charge < -0.3 is 30.0 Å². The van der Waals surface area contributed by atoms with E-state index in [9.17, 15) is 14.7 Å². The quantitative estimate of drug-likeness (QED) is 0.383. The van der Waals surface area contributed by atoms with Crippen molar-refractivity contribution in [2.45, 2.75) is 18.6 Å². The van der Waals surface area contributed by atoms with Crippen LogP contribution in [0.25, 0.3) is 0 Å². The molecule has 0 saturated carbocycles. The van der Waals surface area contributed by atoms with Crippen LogP contribution in [0.4, 0.5) is 0 Å². The van der Waals surface area contributed by atoms with Gasteiger partial charge in [-0.25, -0.2) is 0 Å². The minimum absolute atomic E-state index is 0.580. The molecule has 0 aliphatic rings. The number of carbonyl (C=O) groups is 2. The van der Waals surface area contributed by atoms with Crippen LogP contribution in [-0.2, 0) is 14.3 Å². The fraction of sp³-hybridized carbons (Fsp3) is 0.714. The molecular weight excluding hydrogens is 196 g/mol. The first-order valence-corrected chi connectivity index (χ1v) is 3.81. The second-order valence-corrected chi connectivity index (χ2v) is 2.52. The number of aliphatic hydroxyl groups excluding tert-OH is 3. The van der Waals surface area contributed by atoms with Gasteiger partial charge in [-0.3, -0.25) is 4.79 Å². The standard InChI is InChI=1S/C7H12O7/c8-2-4(3-9)14-6(11)1-5(10)7(12)13/h4-5,8-10H,1-3H2,(H,12,13)/p-1. The van der Waals surface area contributed by atoms with Gasteiger partial charge in [0, 0.05) is 0 Å². The lowest BCUT2D eigenvalue weighted by molar-refractivity contribution is -0.315. The normalized spacial score (nSPS) is 12.6. The second-order valence-electron chi connectivity index (χ2n) is 2.52. The maximum absolute atomic E-state index is 10.8. The Bertz CT molecular complexity index is 198. The van der Waals surface area contributed by atoms with Gasteiger partial charge in [-0.2, -0.15) is 0 Å². The van der Waals surface area contributed by atoms with Crippen molar-refractivity contribution in [3.8, 4) is 0 Å². The molecule has 0 fully saturated rings. The fourth-order valence-corrected chi connectivity index (χ4v) is 0.607. The van der Waals surface area contributed by atoms with Gasteiger partial charge in [0.1, 0.15) is 12.2 Å². The van der Waals surface area contributed by atoms with Crippen molar-refractivity contribution in [1.29, 1.82) is 0 Å². The van der Waals surface area contributed by atoms with E-state index < -0.39 is 43.8 Å². The Morgan fingerprint density at radius 1 is 1.29 bits per heavy atom. The third kappa shape index (κ3) is 4.75. The summed E-state index contributed by atoms with van der Waals surface area (Å²) in [5, 5.41) is 35.6. The number of carboxylic acid groups (broad SMARTS) is 1. The minimum Gasteiger partial charge on any atom is -0.547 e. The highest BCUT2D eigenvalue weighted by Crippen LogP contribution is 1.97. The van der Waals surface area contributed by atoms with E-state index in [2.05, 4.69) is 4.74 Å². The van der Waals surface area contributed by atoms with Gasteiger partial charge in [0.05, 0.1) is 25.6 Å². The highest BCUT2D eigenvalue weighted by Gasteiger charge is 2.16. The van der Waals surface area contributed by atoms with Crippen LogP contribution in [0.2, 0.25) is 0 Å². The van der Waals surface area contributed by atoms with E-state index in [1.807, 2.05) is 0 Å². The number of esters is 1. The third-order valence-electron chi connectivity index (χ3n) is 1.34. The van der Waals surface area contributed by atoms with Crippen LogP contribution >= 0.6 is 0 Å². The number of aliphatic carboxylic acids is 1. The lowest BCUT2D eigenvalue weighted by atomic mass is 10.2. The highest BCUT2D eigenvalue weighted by atomic mass is 16.6. The Kier molecular flexibility index (Phi) is 5.77. The molecule has 0 aromatic carbocycles. The SMILES string of the molecule is O=C(CC(O)C(=O)[O-])OC(CO)CO. The third-order valence-corrected chi connectivity index (χ3v) is 1.34. The van der Waals surface area contributed by atoms with E-state index in [1.165, 1.54) is 0 Å². The smallest absolute Gasteiger partial charge is 0.309 e. The summed E-state index contributed by atoms with van der Waals surface area (Å²) >= 11 is 0. The Hall–Kier alpha value is -1.18. The van der Waals surface area contributed by atoms with Crippen molar-refractivity contribution in [1.82, 2.24) is 0 Å². The summed E-state index contributed by atoms with van der Waals surface area (Å²) in [6.07, 6.45) is -3.82. The number of hydrogen-bond acceptors (Lipinski definition) is 7. The topological polar surface area (TPSA) is 127 Å². The molecular formula is C7H11O7-. The average Bonchev–Trinajstić information content (AvgIpc) is 2.13. The zero-order valence-corrected chi connectivity index (χ0v) is 7.25. The number of hydrogen-bond donors (Lipinski definition) is 3.